The smallest absolute Gasteiger partial charge is 0.335 e. The van der Waals surface area contributed by atoms with E-state index in [9.17, 15) is 9.59 Å². The molecule has 8 heteroatoms. The number of nitrogens with zero attached hydrogens (tertiary/aromatic N) is 2. The van der Waals surface area contributed by atoms with Crippen molar-refractivity contribution in [1.82, 2.24) is 9.97 Å². The number of rotatable bonds is 3. The number of benzene rings is 1. The quantitative estimate of drug-likeness (QED) is 0.799. The average Bonchev–Trinajstić information content (AvgIpc) is 2.42. The Morgan fingerprint density at radius 1 is 1.15 bits per heavy atom. The summed E-state index contributed by atoms with van der Waals surface area (Å²) in [6.07, 6.45) is 4.22. The molecule has 20 heavy (non-hydrogen) atoms. The van der Waals surface area contributed by atoms with Crippen molar-refractivity contribution < 1.29 is 14.7 Å². The average molecular weight is 337 g/mol. The molecule has 0 saturated heterocycles. The molecule has 7 nitrogen and oxygen atoms in total. The predicted octanol–water partition coefficient (Wildman–Crippen LogP) is 2.58. The lowest BCUT2D eigenvalue weighted by Gasteiger charge is -2.09. The molecule has 0 bridgehead atoms. The summed E-state index contributed by atoms with van der Waals surface area (Å²) in [5.41, 5.74) is 0.848. The number of aromatic nitrogens is 2. The standard InChI is InChI=1S/C12H9BrN4O3/c13-9-2-1-7(11(18)19)3-10(9)17-12(20)16-8-4-14-6-15-5-8/h1-6H,(H,18,19)(H2,16,17,20). The van der Waals surface area contributed by atoms with Gasteiger partial charge in [0, 0.05) is 4.47 Å². The third-order valence-electron chi connectivity index (χ3n) is 2.28. The van der Waals surface area contributed by atoms with Crippen LogP contribution < -0.4 is 10.6 Å². The van der Waals surface area contributed by atoms with Crippen LogP contribution in [0, 0.1) is 0 Å². The van der Waals surface area contributed by atoms with E-state index in [2.05, 4.69) is 36.5 Å². The third-order valence-corrected chi connectivity index (χ3v) is 2.97. The van der Waals surface area contributed by atoms with Gasteiger partial charge in [-0.3, -0.25) is 0 Å². The van der Waals surface area contributed by atoms with Gasteiger partial charge >= 0.3 is 12.0 Å². The van der Waals surface area contributed by atoms with Gasteiger partial charge in [0.1, 0.15) is 6.33 Å². The molecule has 0 spiro atoms. The maximum atomic E-state index is 11.8. The fraction of sp³-hybridized carbons (Fsp3) is 0. The number of aromatic carboxylic acids is 1. The lowest BCUT2D eigenvalue weighted by atomic mass is 10.2. The minimum atomic E-state index is -1.07. The second kappa shape index (κ2) is 6.11. The highest BCUT2D eigenvalue weighted by Crippen LogP contribution is 2.23. The summed E-state index contributed by atoms with van der Waals surface area (Å²) in [5.74, 6) is -1.07. The van der Waals surface area contributed by atoms with Gasteiger partial charge in [-0.1, -0.05) is 0 Å². The van der Waals surface area contributed by atoms with E-state index in [1.807, 2.05) is 0 Å². The van der Waals surface area contributed by atoms with E-state index in [-0.39, 0.29) is 5.56 Å². The first kappa shape index (κ1) is 13.9. The van der Waals surface area contributed by atoms with Crippen LogP contribution in [-0.2, 0) is 0 Å². The van der Waals surface area contributed by atoms with Crippen LogP contribution in [0.3, 0.4) is 0 Å². The Kier molecular flexibility index (Phi) is 4.26. The molecule has 0 aliphatic heterocycles. The number of urea groups is 1. The van der Waals surface area contributed by atoms with E-state index in [1.165, 1.54) is 30.9 Å². The SMILES string of the molecule is O=C(Nc1cncnc1)Nc1cc(C(=O)O)ccc1Br. The van der Waals surface area contributed by atoms with E-state index in [0.717, 1.165) is 0 Å². The molecule has 2 amide bonds. The van der Waals surface area contributed by atoms with Crippen LogP contribution in [0.25, 0.3) is 0 Å². The fourth-order valence-electron chi connectivity index (χ4n) is 1.40. The van der Waals surface area contributed by atoms with Crippen molar-refractivity contribution >= 4 is 39.3 Å². The number of hydrogen-bond acceptors (Lipinski definition) is 4. The van der Waals surface area contributed by atoms with Crippen molar-refractivity contribution in [2.45, 2.75) is 0 Å². The van der Waals surface area contributed by atoms with E-state index < -0.39 is 12.0 Å². The van der Waals surface area contributed by atoms with E-state index >= 15 is 0 Å². The summed E-state index contributed by atoms with van der Waals surface area (Å²) in [6.45, 7) is 0. The van der Waals surface area contributed by atoms with Gasteiger partial charge in [-0.2, -0.15) is 0 Å². The first-order valence-electron chi connectivity index (χ1n) is 5.42. The number of hydrogen-bond donors (Lipinski definition) is 3. The Morgan fingerprint density at radius 3 is 2.50 bits per heavy atom. The van der Waals surface area contributed by atoms with Crippen molar-refractivity contribution in [3.8, 4) is 0 Å². The molecule has 1 aromatic carbocycles. The van der Waals surface area contributed by atoms with Crippen LogP contribution in [0.5, 0.6) is 0 Å². The minimum Gasteiger partial charge on any atom is -0.478 e. The zero-order valence-corrected chi connectivity index (χ0v) is 11.6. The Hall–Kier alpha value is -2.48. The predicted molar refractivity (Wildman–Crippen MR) is 75.8 cm³/mol. The van der Waals surface area contributed by atoms with Crippen molar-refractivity contribution in [3.05, 3.63) is 47.0 Å². The Morgan fingerprint density at radius 2 is 1.85 bits per heavy atom. The number of anilines is 2. The first-order valence-corrected chi connectivity index (χ1v) is 6.21. The maximum absolute atomic E-state index is 11.8. The molecule has 102 valence electrons. The van der Waals surface area contributed by atoms with Gasteiger partial charge in [-0.25, -0.2) is 19.6 Å². The zero-order valence-electron chi connectivity index (χ0n) is 10.0. The highest BCUT2D eigenvalue weighted by molar-refractivity contribution is 9.10. The molecule has 0 radical (unpaired) electrons. The molecule has 0 aliphatic carbocycles. The number of halogens is 1. The zero-order chi connectivity index (χ0) is 14.5. The van der Waals surface area contributed by atoms with E-state index in [0.29, 0.717) is 15.8 Å². The van der Waals surface area contributed by atoms with Gasteiger partial charge in [-0.05, 0) is 34.1 Å². The summed E-state index contributed by atoms with van der Waals surface area (Å²) in [5, 5.41) is 14.0. The molecule has 3 N–H and O–H groups in total. The van der Waals surface area contributed by atoms with E-state index in [1.54, 1.807) is 6.07 Å². The molecule has 0 aliphatic rings. The number of carbonyl (C=O) groups is 2. The summed E-state index contributed by atoms with van der Waals surface area (Å²) in [4.78, 5) is 30.2. The van der Waals surface area contributed by atoms with Crippen LogP contribution in [0.4, 0.5) is 16.2 Å². The van der Waals surface area contributed by atoms with Crippen molar-refractivity contribution in [2.24, 2.45) is 0 Å². The lowest BCUT2D eigenvalue weighted by molar-refractivity contribution is 0.0697. The molecule has 0 fully saturated rings. The molecule has 0 atom stereocenters. The Labute approximate surface area is 122 Å². The number of nitrogens with one attached hydrogen (secondary N) is 2. The maximum Gasteiger partial charge on any atom is 0.335 e. The van der Waals surface area contributed by atoms with Crippen LogP contribution in [0.2, 0.25) is 0 Å². The monoisotopic (exact) mass is 336 g/mol. The largest absolute Gasteiger partial charge is 0.478 e. The number of carboxylic acids is 1. The first-order chi connectivity index (χ1) is 9.56. The molecular formula is C12H9BrN4O3. The Balaban J connectivity index is 2.11. The third kappa shape index (κ3) is 3.51. The number of carbonyl (C=O) groups excluding carboxylic acids is 1. The van der Waals surface area contributed by atoms with Crippen LogP contribution >= 0.6 is 15.9 Å². The topological polar surface area (TPSA) is 104 Å². The number of amides is 2. The lowest BCUT2D eigenvalue weighted by Crippen LogP contribution is -2.20. The van der Waals surface area contributed by atoms with Gasteiger partial charge in [0.25, 0.3) is 0 Å². The van der Waals surface area contributed by atoms with Gasteiger partial charge in [0.15, 0.2) is 0 Å². The summed E-state index contributed by atoms with van der Waals surface area (Å²) in [7, 11) is 0. The summed E-state index contributed by atoms with van der Waals surface area (Å²) in [6, 6.07) is 3.81. The molecular weight excluding hydrogens is 328 g/mol. The van der Waals surface area contributed by atoms with E-state index in [4.69, 9.17) is 5.11 Å². The van der Waals surface area contributed by atoms with Crippen LogP contribution in [0.15, 0.2) is 41.4 Å². The second-order valence-electron chi connectivity index (χ2n) is 3.71. The van der Waals surface area contributed by atoms with Crippen molar-refractivity contribution in [3.63, 3.8) is 0 Å². The molecule has 2 aromatic rings. The minimum absolute atomic E-state index is 0.0755. The summed E-state index contributed by atoms with van der Waals surface area (Å²) >= 11 is 3.23. The van der Waals surface area contributed by atoms with Gasteiger partial charge in [0.2, 0.25) is 0 Å². The normalized spacial score (nSPS) is 9.85. The number of carboxylic acid groups (broad SMARTS) is 1. The fourth-order valence-corrected chi connectivity index (χ4v) is 1.75. The molecule has 1 heterocycles. The van der Waals surface area contributed by atoms with Gasteiger partial charge < -0.3 is 15.7 Å². The van der Waals surface area contributed by atoms with Crippen molar-refractivity contribution in [2.75, 3.05) is 10.6 Å². The van der Waals surface area contributed by atoms with Crippen LogP contribution in [0.1, 0.15) is 10.4 Å². The molecule has 0 unspecified atom stereocenters. The summed E-state index contributed by atoms with van der Waals surface area (Å²) < 4.78 is 0.571. The van der Waals surface area contributed by atoms with Crippen molar-refractivity contribution in [1.29, 1.82) is 0 Å². The Bertz CT molecular complexity index is 648. The molecule has 1 aromatic heterocycles. The highest BCUT2D eigenvalue weighted by atomic mass is 79.9. The highest BCUT2D eigenvalue weighted by Gasteiger charge is 2.10. The van der Waals surface area contributed by atoms with Gasteiger partial charge in [-0.15, -0.1) is 0 Å². The van der Waals surface area contributed by atoms with Crippen LogP contribution in [-0.4, -0.2) is 27.1 Å². The molecule has 2 rings (SSSR count). The molecule has 0 saturated carbocycles. The van der Waals surface area contributed by atoms with Gasteiger partial charge in [0.05, 0.1) is 29.3 Å². The second-order valence-corrected chi connectivity index (χ2v) is 4.56.